The first-order chi connectivity index (χ1) is 8.72. The molecule has 1 saturated carbocycles. The molecule has 1 aliphatic rings. The van der Waals surface area contributed by atoms with Crippen LogP contribution < -0.4 is 10.5 Å². The van der Waals surface area contributed by atoms with E-state index in [9.17, 15) is 0 Å². The van der Waals surface area contributed by atoms with Gasteiger partial charge in [0.25, 0.3) is 0 Å². The number of rotatable bonds is 3. The maximum Gasteiger partial charge on any atom is 0.225 e. The minimum atomic E-state index is 0.0476. The predicted molar refractivity (Wildman–Crippen MR) is 69.0 cm³/mol. The zero-order valence-corrected chi connectivity index (χ0v) is 10.6. The number of amidine groups is 1. The molecule has 1 aliphatic carbocycles. The molecule has 18 heavy (non-hydrogen) atoms. The van der Waals surface area contributed by atoms with E-state index in [0.717, 1.165) is 18.4 Å². The highest BCUT2D eigenvalue weighted by Gasteiger charge is 2.19. The van der Waals surface area contributed by atoms with Crippen LogP contribution in [0.2, 0.25) is 0 Å². The maximum absolute atomic E-state index is 8.82. The number of hydrogen-bond donors (Lipinski definition) is 2. The second kappa shape index (κ2) is 5.71. The van der Waals surface area contributed by atoms with E-state index in [1.54, 1.807) is 6.20 Å². The lowest BCUT2D eigenvalue weighted by Gasteiger charge is -2.23. The Morgan fingerprint density at radius 2 is 2.17 bits per heavy atom. The van der Waals surface area contributed by atoms with Gasteiger partial charge in [0.15, 0.2) is 5.84 Å². The van der Waals surface area contributed by atoms with Gasteiger partial charge in [-0.3, -0.25) is 0 Å². The monoisotopic (exact) mass is 249 g/mol. The molecule has 0 aromatic carbocycles. The number of aryl methyl sites for hydroxylation is 1. The molecule has 98 valence electrons. The zero-order chi connectivity index (χ0) is 13.0. The molecule has 0 aliphatic heterocycles. The molecule has 0 atom stereocenters. The highest BCUT2D eigenvalue weighted by molar-refractivity contribution is 6.00. The third kappa shape index (κ3) is 2.72. The van der Waals surface area contributed by atoms with E-state index in [1.807, 2.05) is 13.0 Å². The first kappa shape index (κ1) is 12.7. The molecule has 0 spiro atoms. The molecule has 1 aromatic rings. The quantitative estimate of drug-likeness (QED) is 0.372. The smallest absolute Gasteiger partial charge is 0.225 e. The van der Waals surface area contributed by atoms with E-state index in [2.05, 4.69) is 10.1 Å². The lowest BCUT2D eigenvalue weighted by atomic mass is 9.98. The van der Waals surface area contributed by atoms with Crippen LogP contribution in [0.15, 0.2) is 17.4 Å². The molecule has 0 unspecified atom stereocenters. The fourth-order valence-electron chi connectivity index (χ4n) is 2.33. The van der Waals surface area contributed by atoms with Crippen molar-refractivity contribution >= 4 is 5.84 Å². The van der Waals surface area contributed by atoms with E-state index in [1.165, 1.54) is 19.3 Å². The van der Waals surface area contributed by atoms with Crippen LogP contribution in [0.3, 0.4) is 0 Å². The van der Waals surface area contributed by atoms with Crippen molar-refractivity contribution in [1.29, 1.82) is 0 Å². The van der Waals surface area contributed by atoms with Crippen molar-refractivity contribution in [1.82, 2.24) is 4.98 Å². The van der Waals surface area contributed by atoms with Crippen LogP contribution in [0.1, 0.15) is 43.2 Å². The van der Waals surface area contributed by atoms with Gasteiger partial charge >= 0.3 is 0 Å². The van der Waals surface area contributed by atoms with Gasteiger partial charge in [-0.25, -0.2) is 4.98 Å². The predicted octanol–water partition coefficient (Wildman–Crippen LogP) is 2.20. The lowest BCUT2D eigenvalue weighted by molar-refractivity contribution is 0.148. The van der Waals surface area contributed by atoms with Crippen molar-refractivity contribution in [2.75, 3.05) is 0 Å². The minimum Gasteiger partial charge on any atom is -0.474 e. The number of hydrogen-bond acceptors (Lipinski definition) is 4. The van der Waals surface area contributed by atoms with Crippen molar-refractivity contribution in [2.45, 2.75) is 45.1 Å². The number of ether oxygens (including phenoxy) is 1. The zero-order valence-electron chi connectivity index (χ0n) is 10.6. The maximum atomic E-state index is 8.82. The fourth-order valence-corrected chi connectivity index (χ4v) is 2.33. The highest BCUT2D eigenvalue weighted by Crippen LogP contribution is 2.25. The van der Waals surface area contributed by atoms with Gasteiger partial charge in [-0.1, -0.05) is 11.6 Å². The van der Waals surface area contributed by atoms with Crippen LogP contribution in [0.25, 0.3) is 0 Å². The molecular formula is C13H19N3O2. The summed E-state index contributed by atoms with van der Waals surface area (Å²) in [5.74, 6) is 0.517. The van der Waals surface area contributed by atoms with Crippen molar-refractivity contribution in [2.24, 2.45) is 10.9 Å². The molecule has 1 aromatic heterocycles. The summed E-state index contributed by atoms with van der Waals surface area (Å²) in [6.45, 7) is 1.89. The minimum absolute atomic E-state index is 0.0476. The summed E-state index contributed by atoms with van der Waals surface area (Å²) in [7, 11) is 0. The van der Waals surface area contributed by atoms with Gasteiger partial charge in [-0.15, -0.1) is 0 Å². The Bertz CT molecular complexity index is 440. The Labute approximate surface area is 107 Å². The van der Waals surface area contributed by atoms with Crippen LogP contribution in [0, 0.1) is 6.92 Å². The van der Waals surface area contributed by atoms with E-state index < -0.39 is 0 Å². The summed E-state index contributed by atoms with van der Waals surface area (Å²) in [5.41, 5.74) is 7.16. The second-order valence-corrected chi connectivity index (χ2v) is 4.67. The SMILES string of the molecule is Cc1ccnc(OC2CCCCC2)c1/C(N)=N/O. The molecule has 0 radical (unpaired) electrons. The first-order valence-corrected chi connectivity index (χ1v) is 6.32. The van der Waals surface area contributed by atoms with Gasteiger partial charge in [0.2, 0.25) is 5.88 Å². The fraction of sp³-hybridized carbons (Fsp3) is 0.538. The molecule has 0 amide bonds. The Kier molecular flexibility index (Phi) is 4.02. The van der Waals surface area contributed by atoms with Gasteiger partial charge in [0, 0.05) is 6.20 Å². The summed E-state index contributed by atoms with van der Waals surface area (Å²) in [4.78, 5) is 4.21. The molecule has 2 rings (SSSR count). The molecule has 5 nitrogen and oxygen atoms in total. The Morgan fingerprint density at radius 1 is 1.44 bits per heavy atom. The topological polar surface area (TPSA) is 80.7 Å². The third-order valence-electron chi connectivity index (χ3n) is 3.32. The largest absolute Gasteiger partial charge is 0.474 e. The molecular weight excluding hydrogens is 230 g/mol. The molecule has 0 bridgehead atoms. The Morgan fingerprint density at radius 3 is 2.83 bits per heavy atom. The molecule has 5 heteroatoms. The molecule has 3 N–H and O–H groups in total. The van der Waals surface area contributed by atoms with E-state index in [0.29, 0.717) is 11.4 Å². The number of nitrogens with two attached hydrogens (primary N) is 1. The van der Waals surface area contributed by atoms with Gasteiger partial charge < -0.3 is 15.7 Å². The Hall–Kier alpha value is -1.78. The summed E-state index contributed by atoms with van der Waals surface area (Å²) in [5, 5.41) is 11.9. The van der Waals surface area contributed by atoms with Crippen molar-refractivity contribution < 1.29 is 9.94 Å². The molecule has 1 fully saturated rings. The van der Waals surface area contributed by atoms with Gasteiger partial charge in [0.05, 0.1) is 5.56 Å². The average molecular weight is 249 g/mol. The van der Waals surface area contributed by atoms with Crippen LogP contribution >= 0.6 is 0 Å². The summed E-state index contributed by atoms with van der Waals surface area (Å²) < 4.78 is 5.91. The standard InChI is InChI=1S/C13H19N3O2/c1-9-7-8-15-13(11(9)12(14)16-17)18-10-5-3-2-4-6-10/h7-8,10,17H,2-6H2,1H3,(H2,14,16). The average Bonchev–Trinajstić information content (AvgIpc) is 2.39. The number of nitrogens with zero attached hydrogens (tertiary/aromatic N) is 2. The van der Waals surface area contributed by atoms with Crippen molar-refractivity contribution in [3.63, 3.8) is 0 Å². The number of oxime groups is 1. The molecule has 0 saturated heterocycles. The lowest BCUT2D eigenvalue weighted by Crippen LogP contribution is -2.23. The number of pyridine rings is 1. The summed E-state index contributed by atoms with van der Waals surface area (Å²) in [6.07, 6.45) is 7.62. The first-order valence-electron chi connectivity index (χ1n) is 6.32. The normalized spacial score (nSPS) is 17.7. The van der Waals surface area contributed by atoms with Gasteiger partial charge in [-0.2, -0.15) is 0 Å². The van der Waals surface area contributed by atoms with E-state index >= 15 is 0 Å². The Balaban J connectivity index is 2.23. The summed E-state index contributed by atoms with van der Waals surface area (Å²) >= 11 is 0. The van der Waals surface area contributed by atoms with Crippen molar-refractivity contribution in [3.8, 4) is 5.88 Å². The second-order valence-electron chi connectivity index (χ2n) is 4.67. The van der Waals surface area contributed by atoms with Crippen LogP contribution in [0.4, 0.5) is 0 Å². The third-order valence-corrected chi connectivity index (χ3v) is 3.32. The highest BCUT2D eigenvalue weighted by atomic mass is 16.5. The van der Waals surface area contributed by atoms with Crippen LogP contribution in [-0.2, 0) is 0 Å². The van der Waals surface area contributed by atoms with Gasteiger partial charge in [0.1, 0.15) is 6.10 Å². The van der Waals surface area contributed by atoms with E-state index in [-0.39, 0.29) is 11.9 Å². The number of aromatic nitrogens is 1. The van der Waals surface area contributed by atoms with Crippen LogP contribution in [0.5, 0.6) is 5.88 Å². The van der Waals surface area contributed by atoms with Crippen LogP contribution in [-0.4, -0.2) is 22.1 Å². The van der Waals surface area contributed by atoms with Gasteiger partial charge in [-0.05, 0) is 44.2 Å². The van der Waals surface area contributed by atoms with Crippen molar-refractivity contribution in [3.05, 3.63) is 23.4 Å². The van der Waals surface area contributed by atoms with E-state index in [4.69, 9.17) is 15.7 Å². The molecule has 1 heterocycles. The summed E-state index contributed by atoms with van der Waals surface area (Å²) in [6, 6.07) is 1.82.